The number of carbonyl (C=O) groups excluding carboxylic acids is 2. The van der Waals surface area contributed by atoms with Crippen LogP contribution < -0.4 is 0 Å². The number of Topliss-reactive ketones (excluding diaryl/α,β-unsaturated/α-hetero) is 1. The van der Waals surface area contributed by atoms with Crippen LogP contribution in [0.1, 0.15) is 74.9 Å². The summed E-state index contributed by atoms with van der Waals surface area (Å²) in [4.78, 5) is 31.6. The van der Waals surface area contributed by atoms with Crippen molar-refractivity contribution in [2.24, 2.45) is 33.5 Å². The number of fused-ring (bicyclic) bond motifs is 1. The van der Waals surface area contributed by atoms with Crippen LogP contribution in [0.3, 0.4) is 0 Å². The maximum Gasteiger partial charge on any atom is 0.289 e. The topological polar surface area (TPSA) is 94.2 Å². The Morgan fingerprint density at radius 3 is 2.44 bits per heavy atom. The van der Waals surface area contributed by atoms with Crippen molar-refractivity contribution in [2.75, 3.05) is 32.7 Å². The van der Waals surface area contributed by atoms with E-state index in [1.165, 1.54) is 12.3 Å². The summed E-state index contributed by atoms with van der Waals surface area (Å²) in [6.07, 6.45) is 13.0. The van der Waals surface area contributed by atoms with Crippen molar-refractivity contribution in [3.05, 3.63) is 82.6 Å². The quantitative estimate of drug-likeness (QED) is 0.353. The Kier molecular flexibility index (Phi) is 7.51. The molecule has 6 aliphatic carbocycles. The Balaban J connectivity index is 1.12. The van der Waals surface area contributed by atoms with Crippen LogP contribution in [0, 0.1) is 39.3 Å². The Hall–Kier alpha value is -2.78. The zero-order valence-corrected chi connectivity index (χ0v) is 28.6. The number of furan rings is 1. The van der Waals surface area contributed by atoms with Gasteiger partial charge in [-0.1, -0.05) is 49.7 Å². The predicted molar refractivity (Wildman–Crippen MR) is 180 cm³/mol. The van der Waals surface area contributed by atoms with E-state index in [1.54, 1.807) is 24.3 Å². The molecule has 1 aromatic carbocycles. The lowest BCUT2D eigenvalue weighted by molar-refractivity contribution is -0.179. The third-order valence-electron chi connectivity index (χ3n) is 14.3. The number of piperazine rings is 1. The van der Waals surface area contributed by atoms with Crippen LogP contribution in [0.4, 0.5) is 4.39 Å². The standard InChI is InChI=1S/C39H46ClFN2O5/c1-35-11-8-25(44)22-37(35)14-15-39(27(23-37)30(45)21-26-28(40)5-3-6-29(26)41)32(35)9-12-36(2)33(39)10-13-38(36,47)24-42-16-18-43(19-17-42)34(46)31-7-4-20-48-31/h3-7,14-15,20,23,25,32-33,44,47H,8-13,16-19,21-22,24H2,1-2H3. The van der Waals surface area contributed by atoms with E-state index < -0.39 is 33.8 Å². The molecule has 2 heterocycles. The van der Waals surface area contributed by atoms with E-state index in [2.05, 4.69) is 37.0 Å². The second kappa shape index (κ2) is 11.1. The van der Waals surface area contributed by atoms with Gasteiger partial charge in [0.2, 0.25) is 0 Å². The number of rotatable bonds is 6. The van der Waals surface area contributed by atoms with Crippen molar-refractivity contribution in [3.63, 3.8) is 0 Å². The minimum Gasteiger partial charge on any atom is -0.459 e. The number of aliphatic hydroxyl groups is 2. The van der Waals surface area contributed by atoms with Gasteiger partial charge in [0.15, 0.2) is 11.5 Å². The predicted octanol–water partition coefficient (Wildman–Crippen LogP) is 6.23. The number of amides is 1. The molecule has 0 radical (unpaired) electrons. The van der Waals surface area contributed by atoms with E-state index >= 15 is 4.39 Å². The number of carbonyl (C=O) groups is 2. The minimum absolute atomic E-state index is 0.0140. The number of β-amino-alcohol motifs (C(OH)–C–C–N with tert-alkyl or cyclic N) is 1. The lowest BCUT2D eigenvalue weighted by Gasteiger charge is -2.71. The smallest absolute Gasteiger partial charge is 0.289 e. The van der Waals surface area contributed by atoms with Crippen LogP contribution in [0.5, 0.6) is 0 Å². The number of allylic oxidation sites excluding steroid dienone is 4. The summed E-state index contributed by atoms with van der Waals surface area (Å²) in [5.41, 5.74) is -1.68. The first-order valence-corrected chi connectivity index (χ1v) is 18.1. The second-order valence-electron chi connectivity index (χ2n) is 16.2. The van der Waals surface area contributed by atoms with Crippen molar-refractivity contribution in [2.45, 2.75) is 76.9 Å². The molecule has 4 fully saturated rings. The molecule has 7 aliphatic rings. The van der Waals surface area contributed by atoms with Gasteiger partial charge in [-0.05, 0) is 86.5 Å². The number of nitrogens with zero attached hydrogens (tertiary/aromatic N) is 2. The first-order chi connectivity index (χ1) is 22.9. The first-order valence-electron chi connectivity index (χ1n) is 17.7. The van der Waals surface area contributed by atoms with Gasteiger partial charge in [-0.3, -0.25) is 14.5 Å². The van der Waals surface area contributed by atoms with Crippen LogP contribution in [-0.2, 0) is 11.2 Å². The highest BCUT2D eigenvalue weighted by Crippen LogP contribution is 2.78. The van der Waals surface area contributed by atoms with E-state index in [1.807, 2.05) is 4.90 Å². The molecule has 9 rings (SSSR count). The molecule has 8 unspecified atom stereocenters. The lowest BCUT2D eigenvalue weighted by atomic mass is 9.32. The summed E-state index contributed by atoms with van der Waals surface area (Å²) in [6, 6.07) is 7.95. The Morgan fingerprint density at radius 2 is 1.71 bits per heavy atom. The van der Waals surface area contributed by atoms with Crippen molar-refractivity contribution < 1.29 is 28.6 Å². The average Bonchev–Trinajstić information content (AvgIpc) is 3.69. The molecular weight excluding hydrogens is 631 g/mol. The fraction of sp³-hybridized carbons (Fsp3) is 0.590. The zero-order chi connectivity index (χ0) is 33.7. The molecular formula is C39H46ClFN2O5. The summed E-state index contributed by atoms with van der Waals surface area (Å²) in [5.74, 6) is -0.175. The molecule has 256 valence electrons. The SMILES string of the molecule is CC12CCC(O)CC13C=CC1(C(C(=O)Cc4c(F)cccc4Cl)=C3)C2CCC2(C)C1CCC2(O)CN1CCN(C(=O)c2ccco2)CC1. The van der Waals surface area contributed by atoms with Crippen molar-refractivity contribution in [1.82, 2.24) is 9.80 Å². The summed E-state index contributed by atoms with van der Waals surface area (Å²) >= 11 is 6.45. The van der Waals surface area contributed by atoms with Crippen LogP contribution >= 0.6 is 11.6 Å². The third kappa shape index (κ3) is 4.41. The molecule has 1 amide bonds. The van der Waals surface area contributed by atoms with Gasteiger partial charge in [0.25, 0.3) is 5.91 Å². The summed E-state index contributed by atoms with van der Waals surface area (Å²) in [7, 11) is 0. The number of hydrogen-bond donors (Lipinski definition) is 2. The molecule has 2 bridgehead atoms. The van der Waals surface area contributed by atoms with E-state index in [4.69, 9.17) is 16.0 Å². The third-order valence-corrected chi connectivity index (χ3v) is 14.6. The number of benzene rings is 1. The lowest BCUT2D eigenvalue weighted by Crippen LogP contribution is -2.67. The minimum atomic E-state index is -0.975. The van der Waals surface area contributed by atoms with Crippen LogP contribution in [0.15, 0.2) is 64.8 Å². The van der Waals surface area contributed by atoms with Gasteiger partial charge in [0.1, 0.15) is 5.82 Å². The van der Waals surface area contributed by atoms with Gasteiger partial charge >= 0.3 is 0 Å². The van der Waals surface area contributed by atoms with Gasteiger partial charge in [-0.25, -0.2) is 4.39 Å². The molecule has 1 aliphatic heterocycles. The highest BCUT2D eigenvalue weighted by Gasteiger charge is 2.74. The maximum atomic E-state index is 15.0. The molecule has 9 heteroatoms. The van der Waals surface area contributed by atoms with Gasteiger partial charge in [-0.2, -0.15) is 0 Å². The molecule has 8 atom stereocenters. The normalized spacial score (nSPS) is 40.2. The van der Waals surface area contributed by atoms with Crippen LogP contribution in [-0.4, -0.2) is 76.1 Å². The fourth-order valence-corrected chi connectivity index (χ4v) is 11.9. The van der Waals surface area contributed by atoms with Gasteiger partial charge in [0.05, 0.1) is 18.0 Å². The summed E-state index contributed by atoms with van der Waals surface area (Å²) in [6.45, 7) is 7.57. The largest absolute Gasteiger partial charge is 0.459 e. The molecule has 7 nitrogen and oxygen atoms in total. The molecule has 48 heavy (non-hydrogen) atoms. The van der Waals surface area contributed by atoms with E-state index in [-0.39, 0.29) is 45.9 Å². The molecule has 1 aromatic heterocycles. The van der Waals surface area contributed by atoms with Gasteiger partial charge < -0.3 is 19.5 Å². The number of halogens is 2. The summed E-state index contributed by atoms with van der Waals surface area (Å²) in [5, 5.41) is 23.9. The van der Waals surface area contributed by atoms with E-state index in [9.17, 15) is 19.8 Å². The zero-order valence-electron chi connectivity index (χ0n) is 27.9. The Labute approximate surface area is 286 Å². The van der Waals surface area contributed by atoms with E-state index in [0.29, 0.717) is 51.3 Å². The number of hydrogen-bond acceptors (Lipinski definition) is 6. The van der Waals surface area contributed by atoms with E-state index in [0.717, 1.165) is 37.7 Å². The molecule has 2 aromatic rings. The van der Waals surface area contributed by atoms with Crippen molar-refractivity contribution in [3.8, 4) is 0 Å². The monoisotopic (exact) mass is 676 g/mol. The fourth-order valence-electron chi connectivity index (χ4n) is 11.6. The van der Waals surface area contributed by atoms with Gasteiger partial charge in [-0.15, -0.1) is 0 Å². The highest BCUT2D eigenvalue weighted by atomic mass is 35.5. The molecule has 1 saturated heterocycles. The van der Waals surface area contributed by atoms with Gasteiger partial charge in [0, 0.05) is 71.5 Å². The average molecular weight is 677 g/mol. The first kappa shape index (κ1) is 32.4. The maximum absolute atomic E-state index is 15.0. The summed E-state index contributed by atoms with van der Waals surface area (Å²) < 4.78 is 20.4. The number of ketones is 1. The molecule has 2 spiro atoms. The van der Waals surface area contributed by atoms with Crippen molar-refractivity contribution >= 4 is 23.3 Å². The molecule has 2 N–H and O–H groups in total. The number of aliphatic hydroxyl groups excluding tert-OH is 1. The van der Waals surface area contributed by atoms with Crippen LogP contribution in [0.25, 0.3) is 0 Å². The van der Waals surface area contributed by atoms with Crippen LogP contribution in [0.2, 0.25) is 5.02 Å². The highest BCUT2D eigenvalue weighted by molar-refractivity contribution is 6.31. The Morgan fingerprint density at radius 1 is 0.979 bits per heavy atom. The Bertz CT molecular complexity index is 1680. The van der Waals surface area contributed by atoms with Crippen molar-refractivity contribution in [1.29, 1.82) is 0 Å². The second-order valence-corrected chi connectivity index (χ2v) is 16.6. The molecule has 3 saturated carbocycles.